The zero-order chi connectivity index (χ0) is 15.2. The van der Waals surface area contributed by atoms with Crippen LogP contribution in [-0.4, -0.2) is 48.0 Å². The first-order chi connectivity index (χ1) is 10.8. The number of carbonyl (C=O) groups is 1. The quantitative estimate of drug-likeness (QED) is 0.648. The smallest absolute Gasteiger partial charge is 0.234 e. The van der Waals surface area contributed by atoms with E-state index in [9.17, 15) is 4.79 Å². The highest BCUT2D eigenvalue weighted by Crippen LogP contribution is 2.29. The average Bonchev–Trinajstić information content (AvgIpc) is 2.95. The topological polar surface area (TPSA) is 54.5 Å². The Kier molecular flexibility index (Phi) is 5.66. The maximum atomic E-state index is 11.8. The van der Waals surface area contributed by atoms with E-state index in [0.29, 0.717) is 19.6 Å². The number of hydrazine groups is 1. The summed E-state index contributed by atoms with van der Waals surface area (Å²) in [7, 11) is 0. The number of fused-ring (bicyclic) bond motifs is 1. The Morgan fingerprint density at radius 2 is 2.18 bits per heavy atom. The van der Waals surface area contributed by atoms with Crippen molar-refractivity contribution in [2.45, 2.75) is 17.2 Å². The molecular weight excluding hydrogens is 318 g/mol. The first-order valence-electron chi connectivity index (χ1n) is 7.42. The fraction of sp³-hybridized carbons (Fsp3) is 0.467. The summed E-state index contributed by atoms with van der Waals surface area (Å²) in [6.45, 7) is 2.92. The van der Waals surface area contributed by atoms with Crippen LogP contribution in [0.5, 0.6) is 0 Å². The number of benzene rings is 1. The molecular formula is C15H19N3O2S2. The molecule has 0 aliphatic carbocycles. The van der Waals surface area contributed by atoms with E-state index in [4.69, 9.17) is 4.74 Å². The second kappa shape index (κ2) is 7.92. The SMILES string of the molecule is O=C(CCCSc1nc2ccccc2s1)NN1CCOCC1. The summed E-state index contributed by atoms with van der Waals surface area (Å²) in [4.78, 5) is 16.4. The first-order valence-corrected chi connectivity index (χ1v) is 9.22. The number of nitrogens with one attached hydrogen (secondary N) is 1. The van der Waals surface area contributed by atoms with Gasteiger partial charge in [-0.15, -0.1) is 11.3 Å². The summed E-state index contributed by atoms with van der Waals surface area (Å²) in [6.07, 6.45) is 1.41. The lowest BCUT2D eigenvalue weighted by atomic mass is 10.3. The summed E-state index contributed by atoms with van der Waals surface area (Å²) in [5.74, 6) is 1.00. The van der Waals surface area contributed by atoms with Gasteiger partial charge in [0.1, 0.15) is 0 Å². The third kappa shape index (κ3) is 4.42. The Morgan fingerprint density at radius 3 is 3.00 bits per heavy atom. The van der Waals surface area contributed by atoms with Gasteiger partial charge in [0.25, 0.3) is 0 Å². The summed E-state index contributed by atoms with van der Waals surface area (Å²) in [6, 6.07) is 8.16. The number of para-hydroxylation sites is 1. The molecule has 118 valence electrons. The second-order valence-corrected chi connectivity index (χ2v) is 7.41. The fourth-order valence-corrected chi connectivity index (χ4v) is 4.29. The summed E-state index contributed by atoms with van der Waals surface area (Å²) in [5.41, 5.74) is 3.99. The Bertz CT molecular complexity index is 593. The number of rotatable bonds is 6. The number of hydrogen-bond acceptors (Lipinski definition) is 6. The van der Waals surface area contributed by atoms with Crippen LogP contribution in [0.4, 0.5) is 0 Å². The Hall–Kier alpha value is -1.15. The summed E-state index contributed by atoms with van der Waals surface area (Å²) < 4.78 is 7.55. The van der Waals surface area contributed by atoms with Gasteiger partial charge in [-0.25, -0.2) is 9.99 Å². The molecule has 2 heterocycles. The van der Waals surface area contributed by atoms with Crippen LogP contribution in [0.25, 0.3) is 10.2 Å². The molecule has 1 amide bonds. The Labute approximate surface area is 138 Å². The van der Waals surface area contributed by atoms with Gasteiger partial charge >= 0.3 is 0 Å². The summed E-state index contributed by atoms with van der Waals surface area (Å²) >= 11 is 3.44. The van der Waals surface area contributed by atoms with E-state index in [1.165, 1.54) is 4.70 Å². The van der Waals surface area contributed by atoms with Crippen molar-refractivity contribution in [2.24, 2.45) is 0 Å². The van der Waals surface area contributed by atoms with Crippen molar-refractivity contribution in [3.63, 3.8) is 0 Å². The Morgan fingerprint density at radius 1 is 1.36 bits per heavy atom. The van der Waals surface area contributed by atoms with Crippen molar-refractivity contribution < 1.29 is 9.53 Å². The van der Waals surface area contributed by atoms with E-state index in [0.717, 1.165) is 35.1 Å². The number of thioether (sulfide) groups is 1. The van der Waals surface area contributed by atoms with Gasteiger partial charge in [-0.05, 0) is 18.6 Å². The van der Waals surface area contributed by atoms with Crippen molar-refractivity contribution in [3.8, 4) is 0 Å². The molecule has 0 spiro atoms. The van der Waals surface area contributed by atoms with E-state index >= 15 is 0 Å². The van der Waals surface area contributed by atoms with E-state index in [2.05, 4.69) is 16.5 Å². The molecule has 7 heteroatoms. The van der Waals surface area contributed by atoms with E-state index in [1.54, 1.807) is 23.1 Å². The van der Waals surface area contributed by atoms with Gasteiger partial charge in [0, 0.05) is 25.3 Å². The van der Waals surface area contributed by atoms with Crippen molar-refractivity contribution >= 4 is 39.2 Å². The highest BCUT2D eigenvalue weighted by atomic mass is 32.2. The van der Waals surface area contributed by atoms with Crippen LogP contribution in [0.15, 0.2) is 28.6 Å². The maximum absolute atomic E-state index is 11.8. The average molecular weight is 337 g/mol. The molecule has 1 aromatic carbocycles. The van der Waals surface area contributed by atoms with Crippen LogP contribution in [0.3, 0.4) is 0 Å². The molecule has 0 unspecified atom stereocenters. The van der Waals surface area contributed by atoms with Crippen LogP contribution < -0.4 is 5.43 Å². The monoisotopic (exact) mass is 337 g/mol. The molecule has 1 fully saturated rings. The van der Waals surface area contributed by atoms with Crippen LogP contribution in [0, 0.1) is 0 Å². The van der Waals surface area contributed by atoms with E-state index in [-0.39, 0.29) is 5.91 Å². The number of ether oxygens (including phenoxy) is 1. The molecule has 5 nitrogen and oxygen atoms in total. The number of aromatic nitrogens is 1. The fourth-order valence-electron chi connectivity index (χ4n) is 2.21. The highest BCUT2D eigenvalue weighted by molar-refractivity contribution is 8.01. The number of thiazole rings is 1. The minimum atomic E-state index is 0.0896. The maximum Gasteiger partial charge on any atom is 0.234 e. The van der Waals surface area contributed by atoms with Gasteiger partial charge < -0.3 is 4.74 Å². The lowest BCUT2D eigenvalue weighted by Gasteiger charge is -2.26. The van der Waals surface area contributed by atoms with Gasteiger partial charge in [-0.2, -0.15) is 0 Å². The van der Waals surface area contributed by atoms with Gasteiger partial charge in [0.15, 0.2) is 4.34 Å². The number of amides is 1. The van der Waals surface area contributed by atoms with Crippen LogP contribution in [-0.2, 0) is 9.53 Å². The molecule has 0 saturated carbocycles. The largest absolute Gasteiger partial charge is 0.379 e. The minimum absolute atomic E-state index is 0.0896. The molecule has 1 aromatic heterocycles. The molecule has 22 heavy (non-hydrogen) atoms. The number of carbonyl (C=O) groups excluding carboxylic acids is 1. The summed E-state index contributed by atoms with van der Waals surface area (Å²) in [5, 5.41) is 1.94. The lowest BCUT2D eigenvalue weighted by molar-refractivity contribution is -0.127. The molecule has 2 aromatic rings. The molecule has 1 aliphatic rings. The van der Waals surface area contributed by atoms with Crippen molar-refractivity contribution in [1.29, 1.82) is 0 Å². The van der Waals surface area contributed by atoms with Crippen molar-refractivity contribution in [3.05, 3.63) is 24.3 Å². The van der Waals surface area contributed by atoms with Crippen molar-refractivity contribution in [1.82, 2.24) is 15.4 Å². The van der Waals surface area contributed by atoms with E-state index < -0.39 is 0 Å². The predicted octanol–water partition coefficient (Wildman–Crippen LogP) is 2.53. The number of morpholine rings is 1. The van der Waals surface area contributed by atoms with Crippen LogP contribution >= 0.6 is 23.1 Å². The molecule has 1 aliphatic heterocycles. The third-order valence-electron chi connectivity index (χ3n) is 3.34. The zero-order valence-electron chi connectivity index (χ0n) is 12.3. The molecule has 3 rings (SSSR count). The second-order valence-electron chi connectivity index (χ2n) is 5.03. The van der Waals surface area contributed by atoms with Gasteiger partial charge in [-0.1, -0.05) is 23.9 Å². The normalized spacial score (nSPS) is 16.0. The predicted molar refractivity (Wildman–Crippen MR) is 90.1 cm³/mol. The first kappa shape index (κ1) is 15.7. The lowest BCUT2D eigenvalue weighted by Crippen LogP contribution is -2.48. The van der Waals surface area contributed by atoms with Gasteiger partial charge in [0.2, 0.25) is 5.91 Å². The molecule has 0 atom stereocenters. The van der Waals surface area contributed by atoms with Crippen molar-refractivity contribution in [2.75, 3.05) is 32.1 Å². The third-order valence-corrected chi connectivity index (χ3v) is 5.61. The molecule has 0 bridgehead atoms. The standard InChI is InChI=1S/C15H19N3O2S2/c19-14(17-18-7-9-20-10-8-18)6-3-11-21-15-16-12-4-1-2-5-13(12)22-15/h1-2,4-5H,3,6-11H2,(H,17,19). The van der Waals surface area contributed by atoms with Crippen LogP contribution in [0.2, 0.25) is 0 Å². The van der Waals surface area contributed by atoms with Crippen LogP contribution in [0.1, 0.15) is 12.8 Å². The zero-order valence-corrected chi connectivity index (χ0v) is 13.9. The van der Waals surface area contributed by atoms with Gasteiger partial charge in [0.05, 0.1) is 23.4 Å². The Balaban J connectivity index is 1.36. The van der Waals surface area contributed by atoms with E-state index in [1.807, 2.05) is 23.2 Å². The molecule has 0 radical (unpaired) electrons. The minimum Gasteiger partial charge on any atom is -0.379 e. The van der Waals surface area contributed by atoms with Gasteiger partial charge in [-0.3, -0.25) is 10.2 Å². The molecule has 1 N–H and O–H groups in total. The highest BCUT2D eigenvalue weighted by Gasteiger charge is 2.12. The molecule has 1 saturated heterocycles. The number of hydrogen-bond donors (Lipinski definition) is 1. The number of nitrogens with zero attached hydrogens (tertiary/aromatic N) is 2.